The number of hydrogen-bond acceptors (Lipinski definition) is 5. The first-order chi connectivity index (χ1) is 8.17. The van der Waals surface area contributed by atoms with Crippen molar-refractivity contribution in [2.45, 2.75) is 11.6 Å². The summed E-state index contributed by atoms with van der Waals surface area (Å²) in [6.45, 7) is 0.0533. The van der Waals surface area contributed by atoms with Crippen LogP contribution in [0, 0.1) is 0 Å². The minimum absolute atomic E-state index is 0.0533. The number of fused-ring (bicyclic) bond motifs is 1. The van der Waals surface area contributed by atoms with Crippen LogP contribution in [-0.4, -0.2) is 17.9 Å². The molecule has 0 fully saturated rings. The summed E-state index contributed by atoms with van der Waals surface area (Å²) in [6, 6.07) is 5.27. The Hall–Kier alpha value is -1.53. The molecule has 0 aliphatic carbocycles. The van der Waals surface area contributed by atoms with Crippen LogP contribution < -0.4 is 11.4 Å². The molecule has 1 aromatic heterocycles. The highest BCUT2D eigenvalue weighted by Crippen LogP contribution is 2.18. The molecular weight excluding hydrogens is 242 g/mol. The van der Waals surface area contributed by atoms with Gasteiger partial charge in [-0.15, -0.1) is 11.8 Å². The van der Waals surface area contributed by atoms with E-state index in [1.807, 2.05) is 12.3 Å². The van der Waals surface area contributed by atoms with Crippen molar-refractivity contribution >= 4 is 22.7 Å². The number of nitrogens with zero attached hydrogens (tertiary/aromatic N) is 1. The predicted octanol–water partition coefficient (Wildman–Crippen LogP) is 1.28. The maximum absolute atomic E-state index is 11.6. The quantitative estimate of drug-likeness (QED) is 0.771. The highest BCUT2D eigenvalue weighted by Gasteiger charge is 2.09. The zero-order chi connectivity index (χ0) is 12.4. The number of thioether (sulfide) groups is 1. The van der Waals surface area contributed by atoms with Gasteiger partial charge in [-0.2, -0.15) is 0 Å². The Morgan fingerprint density at radius 2 is 2.18 bits per heavy atom. The summed E-state index contributed by atoms with van der Waals surface area (Å²) in [6.07, 6.45) is 1.91. The van der Waals surface area contributed by atoms with Crippen LogP contribution in [0.5, 0.6) is 0 Å². The summed E-state index contributed by atoms with van der Waals surface area (Å²) in [5.41, 5.74) is -0.0980. The smallest absolute Gasteiger partial charge is 0.372 e. The SMILES string of the molecule is COCn1c(=O)oc(=O)c2cc(SC)ccc21. The van der Waals surface area contributed by atoms with Crippen LogP contribution in [0.15, 0.2) is 37.1 Å². The van der Waals surface area contributed by atoms with Gasteiger partial charge >= 0.3 is 11.4 Å². The maximum Gasteiger partial charge on any atom is 0.424 e. The van der Waals surface area contributed by atoms with Gasteiger partial charge in [0.25, 0.3) is 0 Å². The van der Waals surface area contributed by atoms with Gasteiger partial charge in [0.2, 0.25) is 0 Å². The average Bonchev–Trinajstić information content (AvgIpc) is 2.34. The highest BCUT2D eigenvalue weighted by molar-refractivity contribution is 7.98. The molecule has 0 unspecified atom stereocenters. The summed E-state index contributed by atoms with van der Waals surface area (Å²) in [7, 11) is 1.47. The maximum atomic E-state index is 11.6. The molecule has 0 bridgehead atoms. The number of aromatic nitrogens is 1. The third-order valence-corrected chi connectivity index (χ3v) is 3.10. The minimum atomic E-state index is -0.707. The van der Waals surface area contributed by atoms with Crippen molar-refractivity contribution < 1.29 is 9.15 Å². The van der Waals surface area contributed by atoms with E-state index in [1.165, 1.54) is 23.4 Å². The zero-order valence-corrected chi connectivity index (χ0v) is 10.2. The monoisotopic (exact) mass is 253 g/mol. The molecule has 0 N–H and O–H groups in total. The summed E-state index contributed by atoms with van der Waals surface area (Å²) in [4.78, 5) is 24.0. The van der Waals surface area contributed by atoms with Crippen LogP contribution in [0.3, 0.4) is 0 Å². The van der Waals surface area contributed by atoms with E-state index in [1.54, 1.807) is 12.1 Å². The Morgan fingerprint density at radius 1 is 1.41 bits per heavy atom. The molecule has 17 heavy (non-hydrogen) atoms. The predicted molar refractivity (Wildman–Crippen MR) is 65.5 cm³/mol. The first-order valence-corrected chi connectivity index (χ1v) is 6.10. The van der Waals surface area contributed by atoms with Gasteiger partial charge in [0.05, 0.1) is 10.9 Å². The molecule has 0 saturated heterocycles. The topological polar surface area (TPSA) is 61.4 Å². The van der Waals surface area contributed by atoms with Crippen molar-refractivity contribution in [1.82, 2.24) is 4.57 Å². The first kappa shape index (κ1) is 11.9. The molecule has 0 aliphatic rings. The number of rotatable bonds is 3. The number of hydrogen-bond donors (Lipinski definition) is 0. The molecule has 5 nitrogen and oxygen atoms in total. The fraction of sp³-hybridized carbons (Fsp3) is 0.273. The number of ether oxygens (including phenoxy) is 1. The van der Waals surface area contributed by atoms with Gasteiger partial charge in [0.1, 0.15) is 6.73 Å². The van der Waals surface area contributed by atoms with Crippen LogP contribution in [0.2, 0.25) is 0 Å². The molecule has 2 rings (SSSR count). The van der Waals surface area contributed by atoms with Gasteiger partial charge in [-0.25, -0.2) is 9.59 Å². The largest absolute Gasteiger partial charge is 0.424 e. The summed E-state index contributed by atoms with van der Waals surface area (Å²) < 4.78 is 10.8. The van der Waals surface area contributed by atoms with E-state index in [4.69, 9.17) is 4.74 Å². The van der Waals surface area contributed by atoms with E-state index < -0.39 is 11.4 Å². The van der Waals surface area contributed by atoms with Gasteiger partial charge in [-0.3, -0.25) is 4.57 Å². The van der Waals surface area contributed by atoms with Crippen molar-refractivity contribution in [3.63, 3.8) is 0 Å². The van der Waals surface area contributed by atoms with Crippen molar-refractivity contribution in [3.05, 3.63) is 39.2 Å². The second kappa shape index (κ2) is 4.77. The van der Waals surface area contributed by atoms with Gasteiger partial charge in [-0.05, 0) is 24.5 Å². The van der Waals surface area contributed by atoms with Crippen molar-refractivity contribution in [1.29, 1.82) is 0 Å². The average molecular weight is 253 g/mol. The van der Waals surface area contributed by atoms with Gasteiger partial charge < -0.3 is 9.15 Å². The molecule has 6 heteroatoms. The van der Waals surface area contributed by atoms with E-state index in [0.717, 1.165) is 4.90 Å². The molecule has 0 amide bonds. The summed E-state index contributed by atoms with van der Waals surface area (Å²) in [5, 5.41) is 0.383. The summed E-state index contributed by atoms with van der Waals surface area (Å²) >= 11 is 1.52. The fourth-order valence-electron chi connectivity index (χ4n) is 1.58. The standard InChI is InChI=1S/C11H11NO4S/c1-15-6-12-9-4-3-7(17-2)5-8(9)10(13)16-11(12)14/h3-5H,6H2,1-2H3. The Morgan fingerprint density at radius 3 is 2.82 bits per heavy atom. The lowest BCUT2D eigenvalue weighted by Crippen LogP contribution is -2.25. The molecular formula is C11H11NO4S. The van der Waals surface area contributed by atoms with Crippen molar-refractivity contribution in [3.8, 4) is 0 Å². The molecule has 90 valence electrons. The Balaban J connectivity index is 2.83. The lowest BCUT2D eigenvalue weighted by atomic mass is 10.2. The van der Waals surface area contributed by atoms with Gasteiger partial charge in [-0.1, -0.05) is 0 Å². The van der Waals surface area contributed by atoms with E-state index in [2.05, 4.69) is 4.42 Å². The van der Waals surface area contributed by atoms with E-state index in [9.17, 15) is 9.59 Å². The summed E-state index contributed by atoms with van der Waals surface area (Å²) in [5.74, 6) is -0.707. The Kier molecular flexibility index (Phi) is 3.35. The fourth-order valence-corrected chi connectivity index (χ4v) is 2.02. The molecule has 0 aliphatic heterocycles. The molecule has 1 heterocycles. The van der Waals surface area contributed by atoms with E-state index >= 15 is 0 Å². The minimum Gasteiger partial charge on any atom is -0.372 e. The second-order valence-electron chi connectivity index (χ2n) is 3.38. The van der Waals surface area contributed by atoms with E-state index in [-0.39, 0.29) is 6.73 Å². The first-order valence-electron chi connectivity index (χ1n) is 4.88. The zero-order valence-electron chi connectivity index (χ0n) is 9.43. The molecule has 0 saturated carbocycles. The van der Waals surface area contributed by atoms with Crippen molar-refractivity contribution in [2.24, 2.45) is 0 Å². The Bertz CT molecular complexity index is 659. The number of benzene rings is 1. The van der Waals surface area contributed by atoms with Crippen LogP contribution in [0.1, 0.15) is 0 Å². The van der Waals surface area contributed by atoms with Crippen molar-refractivity contribution in [2.75, 3.05) is 13.4 Å². The molecule has 0 radical (unpaired) electrons. The van der Waals surface area contributed by atoms with Crippen LogP contribution in [0.25, 0.3) is 10.9 Å². The second-order valence-corrected chi connectivity index (χ2v) is 4.26. The normalized spacial score (nSPS) is 10.9. The van der Waals surface area contributed by atoms with Gasteiger partial charge in [0.15, 0.2) is 0 Å². The van der Waals surface area contributed by atoms with E-state index in [0.29, 0.717) is 10.9 Å². The van der Waals surface area contributed by atoms with Crippen LogP contribution in [0.4, 0.5) is 0 Å². The highest BCUT2D eigenvalue weighted by atomic mass is 32.2. The van der Waals surface area contributed by atoms with Crippen LogP contribution >= 0.6 is 11.8 Å². The van der Waals surface area contributed by atoms with Gasteiger partial charge in [0, 0.05) is 12.0 Å². The third-order valence-electron chi connectivity index (χ3n) is 2.37. The lowest BCUT2D eigenvalue weighted by molar-refractivity contribution is 0.123. The molecule has 1 aromatic carbocycles. The third kappa shape index (κ3) is 2.13. The Labute approximate surface area is 101 Å². The molecule has 0 spiro atoms. The number of methoxy groups -OCH3 is 1. The molecule has 2 aromatic rings. The van der Waals surface area contributed by atoms with Crippen LogP contribution in [-0.2, 0) is 11.5 Å². The lowest BCUT2D eigenvalue weighted by Gasteiger charge is -2.07. The molecule has 0 atom stereocenters.